The number of piperazine rings is 1. The van der Waals surface area contributed by atoms with E-state index >= 15 is 0 Å². The molecule has 2 aliphatic heterocycles. The zero-order valence-electron chi connectivity index (χ0n) is 14.5. The van der Waals surface area contributed by atoms with Crippen LogP contribution in [0.5, 0.6) is 0 Å². The van der Waals surface area contributed by atoms with Crippen LogP contribution in [0.4, 0.5) is 0 Å². The SMILES string of the molecule is C=CCCC(O)CN1CCN(CC(=O)N2CCCCCC2)CC1. The topological polar surface area (TPSA) is 47.0 Å². The average molecular weight is 323 g/mol. The van der Waals surface area contributed by atoms with Gasteiger partial charge in [-0.2, -0.15) is 0 Å². The summed E-state index contributed by atoms with van der Waals surface area (Å²) in [5, 5.41) is 9.98. The highest BCUT2D eigenvalue weighted by molar-refractivity contribution is 5.78. The Bertz CT molecular complexity index is 359. The first kappa shape index (κ1) is 18.4. The first-order chi connectivity index (χ1) is 11.2. The molecule has 0 radical (unpaired) electrons. The summed E-state index contributed by atoms with van der Waals surface area (Å²) in [6.45, 7) is 10.6. The maximum absolute atomic E-state index is 12.4. The van der Waals surface area contributed by atoms with Crippen LogP contribution in [0.1, 0.15) is 38.5 Å². The summed E-state index contributed by atoms with van der Waals surface area (Å²) in [6.07, 6.45) is 8.08. The van der Waals surface area contributed by atoms with Crippen LogP contribution in [0.3, 0.4) is 0 Å². The number of carbonyl (C=O) groups excluding carboxylic acids is 1. The average Bonchev–Trinajstić information content (AvgIpc) is 2.84. The minimum absolute atomic E-state index is 0.265. The lowest BCUT2D eigenvalue weighted by molar-refractivity contribution is -0.132. The van der Waals surface area contributed by atoms with Crippen LogP contribution in [-0.2, 0) is 4.79 Å². The standard InChI is InChI=1S/C18H33N3O2/c1-2-3-8-17(22)15-19-11-13-20(14-12-19)16-18(23)21-9-6-4-5-7-10-21/h2,17,22H,1,3-16H2. The van der Waals surface area contributed by atoms with Gasteiger partial charge in [-0.05, 0) is 25.7 Å². The van der Waals surface area contributed by atoms with Gasteiger partial charge in [0.15, 0.2) is 0 Å². The molecule has 1 amide bonds. The number of amides is 1. The summed E-state index contributed by atoms with van der Waals surface area (Å²) in [7, 11) is 0. The van der Waals surface area contributed by atoms with E-state index < -0.39 is 0 Å². The van der Waals surface area contributed by atoms with E-state index in [2.05, 4.69) is 21.3 Å². The number of likely N-dealkylation sites (tertiary alicyclic amines) is 1. The monoisotopic (exact) mass is 323 g/mol. The fourth-order valence-electron chi connectivity index (χ4n) is 3.44. The molecular weight excluding hydrogens is 290 g/mol. The third kappa shape index (κ3) is 6.61. The Kier molecular flexibility index (Phi) is 8.06. The minimum atomic E-state index is -0.265. The van der Waals surface area contributed by atoms with Crippen molar-refractivity contribution in [2.75, 3.05) is 52.4 Å². The van der Waals surface area contributed by atoms with Gasteiger partial charge in [0.05, 0.1) is 12.6 Å². The van der Waals surface area contributed by atoms with E-state index in [9.17, 15) is 9.90 Å². The molecule has 1 N–H and O–H groups in total. The fourth-order valence-corrected chi connectivity index (χ4v) is 3.44. The van der Waals surface area contributed by atoms with E-state index in [1.54, 1.807) is 0 Å². The third-order valence-electron chi connectivity index (χ3n) is 4.96. The van der Waals surface area contributed by atoms with Gasteiger partial charge in [0.25, 0.3) is 0 Å². The van der Waals surface area contributed by atoms with Crippen LogP contribution < -0.4 is 0 Å². The van der Waals surface area contributed by atoms with E-state index in [4.69, 9.17) is 0 Å². The van der Waals surface area contributed by atoms with Crippen molar-refractivity contribution in [3.05, 3.63) is 12.7 Å². The van der Waals surface area contributed by atoms with Crippen molar-refractivity contribution in [2.45, 2.75) is 44.6 Å². The lowest BCUT2D eigenvalue weighted by Gasteiger charge is -2.36. The van der Waals surface area contributed by atoms with Crippen molar-refractivity contribution in [3.63, 3.8) is 0 Å². The molecule has 0 aromatic carbocycles. The van der Waals surface area contributed by atoms with Crippen molar-refractivity contribution in [1.82, 2.24) is 14.7 Å². The predicted octanol–water partition coefficient (Wildman–Crippen LogP) is 1.33. The highest BCUT2D eigenvalue weighted by Gasteiger charge is 2.23. The van der Waals surface area contributed by atoms with Crippen molar-refractivity contribution in [2.24, 2.45) is 0 Å². The van der Waals surface area contributed by atoms with Crippen LogP contribution in [0.25, 0.3) is 0 Å². The van der Waals surface area contributed by atoms with Crippen LogP contribution in [0.2, 0.25) is 0 Å². The Hall–Kier alpha value is -0.910. The second-order valence-corrected chi connectivity index (χ2v) is 6.89. The summed E-state index contributed by atoms with van der Waals surface area (Å²) in [5.74, 6) is 0.298. The van der Waals surface area contributed by atoms with E-state index in [1.165, 1.54) is 12.8 Å². The van der Waals surface area contributed by atoms with Crippen LogP contribution in [0.15, 0.2) is 12.7 Å². The lowest BCUT2D eigenvalue weighted by atomic mass is 10.1. The molecule has 0 aliphatic carbocycles. The first-order valence-electron chi connectivity index (χ1n) is 9.20. The molecule has 0 aromatic rings. The molecule has 0 spiro atoms. The van der Waals surface area contributed by atoms with Gasteiger partial charge in [0.2, 0.25) is 5.91 Å². The maximum atomic E-state index is 12.4. The summed E-state index contributed by atoms with van der Waals surface area (Å²) in [5.41, 5.74) is 0. The normalized spacial score (nSPS) is 22.6. The number of carbonyl (C=O) groups is 1. The molecule has 132 valence electrons. The van der Waals surface area contributed by atoms with E-state index in [0.29, 0.717) is 12.5 Å². The number of aliphatic hydroxyl groups is 1. The van der Waals surface area contributed by atoms with E-state index in [0.717, 1.165) is 71.5 Å². The number of β-amino-alcohol motifs (C(OH)–C–C–N with tert-alkyl or cyclic N) is 1. The van der Waals surface area contributed by atoms with Gasteiger partial charge in [0.1, 0.15) is 0 Å². The molecule has 23 heavy (non-hydrogen) atoms. The molecule has 5 nitrogen and oxygen atoms in total. The van der Waals surface area contributed by atoms with Crippen molar-refractivity contribution in [3.8, 4) is 0 Å². The van der Waals surface area contributed by atoms with Crippen molar-refractivity contribution >= 4 is 5.91 Å². The highest BCUT2D eigenvalue weighted by Crippen LogP contribution is 2.11. The quantitative estimate of drug-likeness (QED) is 0.718. The molecule has 0 bridgehead atoms. The summed E-state index contributed by atoms with van der Waals surface area (Å²) in [4.78, 5) is 19.0. The van der Waals surface area contributed by atoms with Gasteiger partial charge in [-0.15, -0.1) is 6.58 Å². The van der Waals surface area contributed by atoms with Gasteiger partial charge in [0, 0.05) is 45.8 Å². The number of aliphatic hydroxyl groups excluding tert-OH is 1. The Balaban J connectivity index is 1.65. The summed E-state index contributed by atoms with van der Waals surface area (Å²) < 4.78 is 0. The zero-order chi connectivity index (χ0) is 16.5. The molecule has 1 atom stereocenters. The predicted molar refractivity (Wildman–Crippen MR) is 93.4 cm³/mol. The first-order valence-corrected chi connectivity index (χ1v) is 9.20. The molecule has 2 rings (SSSR count). The molecule has 2 fully saturated rings. The second kappa shape index (κ2) is 10.1. The molecule has 5 heteroatoms. The number of hydrogen-bond acceptors (Lipinski definition) is 4. The third-order valence-corrected chi connectivity index (χ3v) is 4.96. The van der Waals surface area contributed by atoms with E-state index in [-0.39, 0.29) is 6.10 Å². The fraction of sp³-hybridized carbons (Fsp3) is 0.833. The van der Waals surface area contributed by atoms with Gasteiger partial charge >= 0.3 is 0 Å². The Morgan fingerprint density at radius 1 is 1.00 bits per heavy atom. The minimum Gasteiger partial charge on any atom is -0.392 e. The molecule has 2 saturated heterocycles. The largest absolute Gasteiger partial charge is 0.392 e. The Labute approximate surface area is 140 Å². The van der Waals surface area contributed by atoms with Crippen molar-refractivity contribution < 1.29 is 9.90 Å². The molecule has 2 aliphatic rings. The summed E-state index contributed by atoms with van der Waals surface area (Å²) >= 11 is 0. The maximum Gasteiger partial charge on any atom is 0.236 e. The van der Waals surface area contributed by atoms with Crippen LogP contribution >= 0.6 is 0 Å². The van der Waals surface area contributed by atoms with Gasteiger partial charge in [-0.3, -0.25) is 14.6 Å². The number of nitrogens with zero attached hydrogens (tertiary/aromatic N) is 3. The number of rotatable bonds is 7. The van der Waals surface area contributed by atoms with Crippen LogP contribution in [-0.4, -0.2) is 84.2 Å². The molecule has 0 saturated carbocycles. The van der Waals surface area contributed by atoms with Crippen LogP contribution in [0, 0.1) is 0 Å². The zero-order valence-corrected chi connectivity index (χ0v) is 14.5. The Morgan fingerprint density at radius 2 is 1.61 bits per heavy atom. The van der Waals surface area contributed by atoms with Gasteiger partial charge in [-0.1, -0.05) is 18.9 Å². The van der Waals surface area contributed by atoms with Gasteiger partial charge < -0.3 is 10.0 Å². The number of allylic oxidation sites excluding steroid dienone is 1. The second-order valence-electron chi connectivity index (χ2n) is 6.89. The Morgan fingerprint density at radius 3 is 2.22 bits per heavy atom. The molecule has 0 aromatic heterocycles. The molecule has 1 unspecified atom stereocenters. The summed E-state index contributed by atoms with van der Waals surface area (Å²) in [6, 6.07) is 0. The highest BCUT2D eigenvalue weighted by atomic mass is 16.3. The smallest absolute Gasteiger partial charge is 0.236 e. The van der Waals surface area contributed by atoms with E-state index in [1.807, 2.05) is 6.08 Å². The molecular formula is C18H33N3O2. The lowest BCUT2D eigenvalue weighted by Crippen LogP contribution is -2.51. The van der Waals surface area contributed by atoms with Crippen molar-refractivity contribution in [1.29, 1.82) is 0 Å². The van der Waals surface area contributed by atoms with Gasteiger partial charge in [-0.25, -0.2) is 0 Å². The molecule has 2 heterocycles. The number of hydrogen-bond donors (Lipinski definition) is 1.